The number of nitrogens with one attached hydrogen (secondary N) is 2. The number of rotatable bonds is 5. The minimum Gasteiger partial charge on any atom is -0.352 e. The highest BCUT2D eigenvalue weighted by molar-refractivity contribution is 5.94. The van der Waals surface area contributed by atoms with Crippen LogP contribution in [0.5, 0.6) is 0 Å². The zero-order valence-electron chi connectivity index (χ0n) is 16.8. The lowest BCUT2D eigenvalue weighted by atomic mass is 10.0. The number of halogens is 1. The monoisotopic (exact) mass is 389 g/mol. The van der Waals surface area contributed by atoms with Gasteiger partial charge >= 0.3 is 0 Å². The molecule has 1 unspecified atom stereocenters. The number of hydrogen-bond donors (Lipinski definition) is 2. The van der Waals surface area contributed by atoms with Crippen molar-refractivity contribution in [1.29, 1.82) is 0 Å². The van der Waals surface area contributed by atoms with Crippen molar-refractivity contribution in [3.05, 3.63) is 35.6 Å². The fourth-order valence-electron chi connectivity index (χ4n) is 4.21. The van der Waals surface area contributed by atoms with Crippen molar-refractivity contribution in [2.75, 3.05) is 13.1 Å². The van der Waals surface area contributed by atoms with Crippen LogP contribution >= 0.6 is 0 Å². The summed E-state index contributed by atoms with van der Waals surface area (Å²) in [6.45, 7) is 3.55. The van der Waals surface area contributed by atoms with Crippen molar-refractivity contribution in [1.82, 2.24) is 15.5 Å². The highest BCUT2D eigenvalue weighted by Gasteiger charge is 2.28. The molecule has 0 spiro atoms. The van der Waals surface area contributed by atoms with Crippen molar-refractivity contribution < 1.29 is 14.0 Å². The van der Waals surface area contributed by atoms with Crippen LogP contribution in [-0.4, -0.2) is 47.9 Å². The summed E-state index contributed by atoms with van der Waals surface area (Å²) in [5.74, 6) is -0.390. The van der Waals surface area contributed by atoms with Crippen LogP contribution in [-0.2, 0) is 4.79 Å². The van der Waals surface area contributed by atoms with Gasteiger partial charge in [0.25, 0.3) is 5.91 Å². The van der Waals surface area contributed by atoms with Crippen LogP contribution in [0.4, 0.5) is 4.39 Å². The summed E-state index contributed by atoms with van der Waals surface area (Å²) in [6.07, 6.45) is 8.78. The van der Waals surface area contributed by atoms with Crippen LogP contribution < -0.4 is 10.6 Å². The molecule has 1 aliphatic carbocycles. The third-order valence-electron chi connectivity index (χ3n) is 6.10. The Balaban J connectivity index is 1.43. The van der Waals surface area contributed by atoms with E-state index in [1.165, 1.54) is 49.9 Å². The Hall–Kier alpha value is -1.95. The van der Waals surface area contributed by atoms with Crippen molar-refractivity contribution in [3.63, 3.8) is 0 Å². The van der Waals surface area contributed by atoms with Gasteiger partial charge in [-0.15, -0.1) is 0 Å². The lowest BCUT2D eigenvalue weighted by molar-refractivity contribution is -0.127. The number of carbonyl (C=O) groups excluding carboxylic acids is 2. The van der Waals surface area contributed by atoms with Crippen LogP contribution in [0.25, 0.3) is 0 Å². The fraction of sp³-hybridized carbons (Fsp3) is 0.636. The molecule has 1 aliphatic heterocycles. The molecule has 0 aromatic heterocycles. The normalized spacial score (nSPS) is 20.9. The molecule has 0 bridgehead atoms. The number of amides is 2. The maximum Gasteiger partial charge on any atom is 0.251 e. The molecular formula is C22H32FN3O2. The average Bonchev–Trinajstić information content (AvgIpc) is 2.97. The predicted octanol–water partition coefficient (Wildman–Crippen LogP) is 3.25. The average molecular weight is 390 g/mol. The van der Waals surface area contributed by atoms with Gasteiger partial charge in [0.1, 0.15) is 5.82 Å². The summed E-state index contributed by atoms with van der Waals surface area (Å²) in [4.78, 5) is 27.1. The molecular weight excluding hydrogens is 357 g/mol. The highest BCUT2D eigenvalue weighted by atomic mass is 19.1. The Morgan fingerprint density at radius 3 is 2.11 bits per heavy atom. The van der Waals surface area contributed by atoms with Crippen LogP contribution in [0.2, 0.25) is 0 Å². The molecule has 3 rings (SSSR count). The van der Waals surface area contributed by atoms with E-state index >= 15 is 0 Å². The lowest BCUT2D eigenvalue weighted by Gasteiger charge is -2.36. The largest absolute Gasteiger partial charge is 0.352 e. The van der Waals surface area contributed by atoms with Gasteiger partial charge < -0.3 is 10.6 Å². The van der Waals surface area contributed by atoms with Gasteiger partial charge in [-0.1, -0.05) is 25.7 Å². The van der Waals surface area contributed by atoms with Gasteiger partial charge in [-0.05, 0) is 56.9 Å². The lowest BCUT2D eigenvalue weighted by Crippen LogP contribution is -2.53. The number of benzene rings is 1. The summed E-state index contributed by atoms with van der Waals surface area (Å²) in [5.41, 5.74) is 0.472. The van der Waals surface area contributed by atoms with Crippen LogP contribution in [0, 0.1) is 5.82 Å². The molecule has 28 heavy (non-hydrogen) atoms. The molecule has 2 aliphatic rings. The third kappa shape index (κ3) is 5.77. The van der Waals surface area contributed by atoms with Crippen molar-refractivity contribution in [2.45, 2.75) is 76.4 Å². The summed E-state index contributed by atoms with van der Waals surface area (Å²) in [6, 6.07) is 5.87. The SMILES string of the molecule is CC(C(=O)NC1CCCCCC1)N1CCC(NC(=O)c2ccc(F)cc2)CC1. The van der Waals surface area contributed by atoms with E-state index in [1.54, 1.807) is 0 Å². The number of hydrogen-bond acceptors (Lipinski definition) is 3. The molecule has 1 heterocycles. The maximum atomic E-state index is 13.0. The molecule has 2 N–H and O–H groups in total. The van der Waals surface area contributed by atoms with E-state index in [0.29, 0.717) is 11.6 Å². The smallest absolute Gasteiger partial charge is 0.251 e. The van der Waals surface area contributed by atoms with Crippen molar-refractivity contribution in [2.24, 2.45) is 0 Å². The molecule has 2 fully saturated rings. The molecule has 6 heteroatoms. The van der Waals surface area contributed by atoms with E-state index in [-0.39, 0.29) is 29.7 Å². The summed E-state index contributed by atoms with van der Waals surface area (Å²) >= 11 is 0. The quantitative estimate of drug-likeness (QED) is 0.760. The van der Waals surface area contributed by atoms with E-state index in [2.05, 4.69) is 15.5 Å². The Labute approximate surface area is 167 Å². The van der Waals surface area contributed by atoms with Gasteiger partial charge in [-0.3, -0.25) is 14.5 Å². The molecule has 0 radical (unpaired) electrons. The molecule has 1 aromatic carbocycles. The summed E-state index contributed by atoms with van der Waals surface area (Å²) in [7, 11) is 0. The predicted molar refractivity (Wildman–Crippen MR) is 108 cm³/mol. The Morgan fingerprint density at radius 2 is 1.50 bits per heavy atom. The minimum absolute atomic E-state index is 0.0888. The maximum absolute atomic E-state index is 13.0. The Morgan fingerprint density at radius 1 is 0.929 bits per heavy atom. The standard InChI is InChI=1S/C22H32FN3O2/c1-16(21(27)24-19-6-4-2-3-5-7-19)26-14-12-20(13-15-26)25-22(28)17-8-10-18(23)11-9-17/h8-11,16,19-20H,2-7,12-15H2,1H3,(H,24,27)(H,25,28). The van der Waals surface area contributed by atoms with Gasteiger partial charge in [0.2, 0.25) is 5.91 Å². The first-order valence-electron chi connectivity index (χ1n) is 10.6. The Kier molecular flexibility index (Phi) is 7.43. The molecule has 1 saturated heterocycles. The minimum atomic E-state index is -0.346. The molecule has 2 amide bonds. The first-order chi connectivity index (χ1) is 13.5. The first kappa shape index (κ1) is 20.8. The number of carbonyl (C=O) groups is 2. The second-order valence-corrected chi connectivity index (χ2v) is 8.16. The Bertz CT molecular complexity index is 648. The molecule has 154 valence electrons. The molecule has 5 nitrogen and oxygen atoms in total. The van der Waals surface area contributed by atoms with Gasteiger partial charge in [0, 0.05) is 30.7 Å². The molecule has 1 aromatic rings. The molecule has 1 atom stereocenters. The van der Waals surface area contributed by atoms with Crippen LogP contribution in [0.1, 0.15) is 68.6 Å². The second kappa shape index (κ2) is 10.0. The zero-order valence-corrected chi connectivity index (χ0v) is 16.8. The summed E-state index contributed by atoms with van der Waals surface area (Å²) < 4.78 is 13.0. The van der Waals surface area contributed by atoms with E-state index in [0.717, 1.165) is 38.8 Å². The third-order valence-corrected chi connectivity index (χ3v) is 6.10. The van der Waals surface area contributed by atoms with Crippen LogP contribution in [0.15, 0.2) is 24.3 Å². The number of likely N-dealkylation sites (tertiary alicyclic amines) is 1. The van der Waals surface area contributed by atoms with E-state index < -0.39 is 0 Å². The molecule has 1 saturated carbocycles. The van der Waals surface area contributed by atoms with Gasteiger partial charge in [-0.25, -0.2) is 4.39 Å². The van der Waals surface area contributed by atoms with Gasteiger partial charge in [0.05, 0.1) is 6.04 Å². The van der Waals surface area contributed by atoms with E-state index in [9.17, 15) is 14.0 Å². The fourth-order valence-corrected chi connectivity index (χ4v) is 4.21. The van der Waals surface area contributed by atoms with Crippen molar-refractivity contribution >= 4 is 11.8 Å². The van der Waals surface area contributed by atoms with Gasteiger partial charge in [-0.2, -0.15) is 0 Å². The zero-order chi connectivity index (χ0) is 19.9. The second-order valence-electron chi connectivity index (χ2n) is 8.16. The van der Waals surface area contributed by atoms with E-state index in [4.69, 9.17) is 0 Å². The topological polar surface area (TPSA) is 61.4 Å². The summed E-state index contributed by atoms with van der Waals surface area (Å²) in [5, 5.41) is 6.27. The number of nitrogens with zero attached hydrogens (tertiary/aromatic N) is 1. The highest BCUT2D eigenvalue weighted by Crippen LogP contribution is 2.18. The number of piperidine rings is 1. The van der Waals surface area contributed by atoms with Crippen LogP contribution in [0.3, 0.4) is 0 Å². The van der Waals surface area contributed by atoms with Crippen molar-refractivity contribution in [3.8, 4) is 0 Å². The first-order valence-corrected chi connectivity index (χ1v) is 10.6. The van der Waals surface area contributed by atoms with E-state index in [1.807, 2.05) is 6.92 Å². The van der Waals surface area contributed by atoms with Gasteiger partial charge in [0.15, 0.2) is 0 Å².